The van der Waals surface area contributed by atoms with Gasteiger partial charge in [0, 0.05) is 5.56 Å². The minimum atomic E-state index is -1.36. The Morgan fingerprint density at radius 2 is 1.81 bits per heavy atom. The van der Waals surface area contributed by atoms with Gasteiger partial charge in [-0.05, 0) is 19.1 Å². The average molecular weight is 249 g/mol. The zero-order valence-electron chi connectivity index (χ0n) is 8.13. The van der Waals surface area contributed by atoms with Crippen molar-refractivity contribution in [2.75, 3.05) is 0 Å². The molecule has 1 atom stereocenters. The second-order valence-electron chi connectivity index (χ2n) is 3.17. The summed E-state index contributed by atoms with van der Waals surface area (Å²) in [5, 5.41) is 8.29. The van der Waals surface area contributed by atoms with Crippen molar-refractivity contribution in [1.29, 1.82) is 0 Å². The van der Waals surface area contributed by atoms with E-state index in [4.69, 9.17) is 16.7 Å². The minimum Gasteiger partial charge on any atom is -0.481 e. The standard InChI is InChI=1S/C10H7ClF2O3/c1-4(10(15)16)9(14)5-2-7(12)8(13)3-6(5)11/h2-4H,1H3,(H,15,16). The van der Waals surface area contributed by atoms with E-state index in [1.165, 1.54) is 0 Å². The molecule has 0 aliphatic heterocycles. The number of hydrogen-bond acceptors (Lipinski definition) is 2. The lowest BCUT2D eigenvalue weighted by atomic mass is 9.99. The van der Waals surface area contributed by atoms with Crippen molar-refractivity contribution in [2.45, 2.75) is 6.92 Å². The number of ketones is 1. The molecule has 0 bridgehead atoms. The maximum Gasteiger partial charge on any atom is 0.314 e. The second-order valence-corrected chi connectivity index (χ2v) is 3.58. The zero-order chi connectivity index (χ0) is 12.5. The zero-order valence-corrected chi connectivity index (χ0v) is 8.89. The van der Waals surface area contributed by atoms with Gasteiger partial charge in [-0.1, -0.05) is 11.6 Å². The van der Waals surface area contributed by atoms with Gasteiger partial charge < -0.3 is 5.11 Å². The molecule has 1 rings (SSSR count). The van der Waals surface area contributed by atoms with Crippen LogP contribution in [0.2, 0.25) is 5.02 Å². The van der Waals surface area contributed by atoms with Gasteiger partial charge in [0.25, 0.3) is 0 Å². The monoisotopic (exact) mass is 248 g/mol. The fourth-order valence-corrected chi connectivity index (χ4v) is 1.30. The van der Waals surface area contributed by atoms with Gasteiger partial charge >= 0.3 is 5.97 Å². The van der Waals surface area contributed by atoms with E-state index in [2.05, 4.69) is 0 Å². The molecule has 6 heteroatoms. The van der Waals surface area contributed by atoms with Crippen LogP contribution in [0, 0.1) is 17.6 Å². The van der Waals surface area contributed by atoms with E-state index in [1.807, 2.05) is 0 Å². The Labute approximate surface area is 94.6 Å². The Morgan fingerprint density at radius 3 is 2.31 bits per heavy atom. The molecule has 1 N–H and O–H groups in total. The number of hydrogen-bond donors (Lipinski definition) is 1. The molecule has 0 aliphatic rings. The van der Waals surface area contributed by atoms with Gasteiger partial charge in [0.2, 0.25) is 0 Å². The van der Waals surface area contributed by atoms with Crippen LogP contribution >= 0.6 is 11.6 Å². The number of carboxylic acids is 1. The number of benzene rings is 1. The highest BCUT2D eigenvalue weighted by molar-refractivity contribution is 6.34. The molecule has 0 saturated heterocycles. The van der Waals surface area contributed by atoms with E-state index in [1.54, 1.807) is 0 Å². The van der Waals surface area contributed by atoms with Crippen LogP contribution in [0.15, 0.2) is 12.1 Å². The Kier molecular flexibility index (Phi) is 3.59. The molecule has 0 aromatic heterocycles. The maximum atomic E-state index is 12.9. The maximum absolute atomic E-state index is 12.9. The molecule has 16 heavy (non-hydrogen) atoms. The van der Waals surface area contributed by atoms with E-state index < -0.39 is 29.3 Å². The topological polar surface area (TPSA) is 54.4 Å². The van der Waals surface area contributed by atoms with Crippen molar-refractivity contribution >= 4 is 23.4 Å². The number of aliphatic carboxylic acids is 1. The van der Waals surface area contributed by atoms with Crippen molar-refractivity contribution in [1.82, 2.24) is 0 Å². The summed E-state index contributed by atoms with van der Waals surface area (Å²) in [4.78, 5) is 22.1. The van der Waals surface area contributed by atoms with E-state index in [0.717, 1.165) is 6.92 Å². The van der Waals surface area contributed by atoms with Crippen LogP contribution in [-0.4, -0.2) is 16.9 Å². The van der Waals surface area contributed by atoms with Gasteiger partial charge in [0.05, 0.1) is 5.02 Å². The molecule has 1 aromatic carbocycles. The molecular formula is C10H7ClF2O3. The molecule has 0 radical (unpaired) electrons. The quantitative estimate of drug-likeness (QED) is 0.508. The van der Waals surface area contributed by atoms with Crippen LogP contribution in [0.5, 0.6) is 0 Å². The highest BCUT2D eigenvalue weighted by atomic mass is 35.5. The van der Waals surface area contributed by atoms with Crippen molar-refractivity contribution < 1.29 is 23.5 Å². The second kappa shape index (κ2) is 4.57. The Morgan fingerprint density at radius 1 is 1.31 bits per heavy atom. The number of Topliss-reactive ketones (excluding diaryl/α,β-unsaturated/α-hetero) is 1. The van der Waals surface area contributed by atoms with Gasteiger partial charge in [-0.15, -0.1) is 0 Å². The first-order chi connectivity index (χ1) is 7.34. The Hall–Kier alpha value is -1.49. The molecule has 0 amide bonds. The summed E-state index contributed by atoms with van der Waals surface area (Å²) >= 11 is 5.52. The van der Waals surface area contributed by atoms with Crippen LogP contribution in [0.3, 0.4) is 0 Å². The lowest BCUT2D eigenvalue weighted by Crippen LogP contribution is -2.21. The predicted molar refractivity (Wildman–Crippen MR) is 52.5 cm³/mol. The Balaban J connectivity index is 3.19. The van der Waals surface area contributed by atoms with Crippen molar-refractivity contribution in [3.8, 4) is 0 Å². The molecule has 1 unspecified atom stereocenters. The first-order valence-corrected chi connectivity index (χ1v) is 4.64. The van der Waals surface area contributed by atoms with E-state index in [0.29, 0.717) is 12.1 Å². The number of halogens is 3. The summed E-state index contributed by atoms with van der Waals surface area (Å²) in [5.74, 6) is -6.01. The molecule has 0 fully saturated rings. The molecule has 1 aromatic rings. The molecular weight excluding hydrogens is 242 g/mol. The van der Waals surface area contributed by atoms with Crippen LogP contribution < -0.4 is 0 Å². The van der Waals surface area contributed by atoms with Gasteiger partial charge in [-0.25, -0.2) is 8.78 Å². The summed E-state index contributed by atoms with van der Waals surface area (Å²) in [6.07, 6.45) is 0. The van der Waals surface area contributed by atoms with E-state index in [9.17, 15) is 18.4 Å². The predicted octanol–water partition coefficient (Wildman–Crippen LogP) is 2.52. The normalized spacial score (nSPS) is 12.2. The summed E-state index contributed by atoms with van der Waals surface area (Å²) < 4.78 is 25.5. The molecule has 0 aliphatic carbocycles. The number of carbonyl (C=O) groups excluding carboxylic acids is 1. The third-order valence-corrected chi connectivity index (χ3v) is 2.35. The van der Waals surface area contributed by atoms with Crippen molar-refractivity contribution in [2.24, 2.45) is 5.92 Å². The van der Waals surface area contributed by atoms with Crippen LogP contribution in [-0.2, 0) is 4.79 Å². The van der Waals surface area contributed by atoms with Gasteiger partial charge in [-0.3, -0.25) is 9.59 Å². The van der Waals surface area contributed by atoms with Gasteiger partial charge in [0.1, 0.15) is 5.92 Å². The summed E-state index contributed by atoms with van der Waals surface area (Å²) in [7, 11) is 0. The largest absolute Gasteiger partial charge is 0.481 e. The molecule has 0 spiro atoms. The molecule has 86 valence electrons. The van der Waals surface area contributed by atoms with Crippen LogP contribution in [0.1, 0.15) is 17.3 Å². The number of carbonyl (C=O) groups is 2. The van der Waals surface area contributed by atoms with Crippen molar-refractivity contribution in [3.63, 3.8) is 0 Å². The lowest BCUT2D eigenvalue weighted by Gasteiger charge is -2.07. The average Bonchev–Trinajstić information content (AvgIpc) is 2.21. The molecule has 3 nitrogen and oxygen atoms in total. The highest BCUT2D eigenvalue weighted by Crippen LogP contribution is 2.22. The first-order valence-electron chi connectivity index (χ1n) is 4.26. The molecule has 0 heterocycles. The first kappa shape index (κ1) is 12.6. The van der Waals surface area contributed by atoms with Gasteiger partial charge in [0.15, 0.2) is 17.4 Å². The lowest BCUT2D eigenvalue weighted by molar-refractivity contribution is -0.139. The fourth-order valence-electron chi connectivity index (χ4n) is 1.06. The minimum absolute atomic E-state index is 0.308. The summed E-state index contributed by atoms with van der Waals surface area (Å²) in [5.41, 5.74) is -0.338. The molecule has 0 saturated carbocycles. The van der Waals surface area contributed by atoms with E-state index in [-0.39, 0.29) is 10.6 Å². The van der Waals surface area contributed by atoms with E-state index >= 15 is 0 Å². The van der Waals surface area contributed by atoms with Crippen LogP contribution in [0.4, 0.5) is 8.78 Å². The number of rotatable bonds is 3. The van der Waals surface area contributed by atoms with Crippen molar-refractivity contribution in [3.05, 3.63) is 34.4 Å². The third-order valence-electron chi connectivity index (χ3n) is 2.04. The van der Waals surface area contributed by atoms with Crippen LogP contribution in [0.25, 0.3) is 0 Å². The summed E-state index contributed by atoms with van der Waals surface area (Å²) in [6, 6.07) is 1.23. The fraction of sp³-hybridized carbons (Fsp3) is 0.200. The highest BCUT2D eigenvalue weighted by Gasteiger charge is 2.25. The summed E-state index contributed by atoms with van der Waals surface area (Å²) in [6.45, 7) is 1.14. The Bertz CT molecular complexity index is 460. The number of carboxylic acid groups (broad SMARTS) is 1. The SMILES string of the molecule is CC(C(=O)O)C(=O)c1cc(F)c(F)cc1Cl. The van der Waals surface area contributed by atoms with Gasteiger partial charge in [-0.2, -0.15) is 0 Å². The third kappa shape index (κ3) is 2.36. The smallest absolute Gasteiger partial charge is 0.314 e.